The van der Waals surface area contributed by atoms with E-state index in [-0.39, 0.29) is 5.69 Å². The molecule has 5 rings (SSSR count). The quantitative estimate of drug-likeness (QED) is 0.416. The van der Waals surface area contributed by atoms with Crippen molar-refractivity contribution < 1.29 is 14.6 Å². The highest BCUT2D eigenvalue weighted by Crippen LogP contribution is 2.32. The summed E-state index contributed by atoms with van der Waals surface area (Å²) in [4.78, 5) is 29.3. The summed E-state index contributed by atoms with van der Waals surface area (Å²) < 4.78 is 7.78. The van der Waals surface area contributed by atoms with E-state index in [0.717, 1.165) is 54.0 Å². The lowest BCUT2D eigenvalue weighted by atomic mass is 9.86. The number of carbonyl (C=O) groups is 1. The zero-order valence-electron chi connectivity index (χ0n) is 19.8. The Balaban J connectivity index is 1.24. The molecule has 4 aromatic rings. The second-order valence-electron chi connectivity index (χ2n) is 8.98. The molecule has 1 aliphatic rings. The number of carboxylic acids is 1. The van der Waals surface area contributed by atoms with Crippen LogP contribution in [0, 0.1) is 12.8 Å². The molecule has 8 heteroatoms. The zero-order chi connectivity index (χ0) is 24.4. The van der Waals surface area contributed by atoms with Crippen LogP contribution in [0.5, 0.6) is 5.88 Å². The van der Waals surface area contributed by atoms with E-state index in [0.29, 0.717) is 24.1 Å². The van der Waals surface area contributed by atoms with Crippen LogP contribution in [0.25, 0.3) is 16.7 Å². The lowest BCUT2D eigenvalue weighted by molar-refractivity contribution is 0.0691. The Morgan fingerprint density at radius 2 is 2.03 bits per heavy atom. The number of pyridine rings is 3. The number of hydrogen-bond donors (Lipinski definition) is 1. The number of aryl methyl sites for hydroxylation is 2. The summed E-state index contributed by atoms with van der Waals surface area (Å²) in [6.45, 7) is 2.40. The van der Waals surface area contributed by atoms with Crippen molar-refractivity contribution in [1.29, 1.82) is 0 Å². The minimum absolute atomic E-state index is 0.0335. The van der Waals surface area contributed by atoms with Crippen LogP contribution < -0.4 is 4.74 Å². The van der Waals surface area contributed by atoms with Crippen LogP contribution in [0.2, 0.25) is 0 Å². The topological polar surface area (TPSA) is 103 Å². The van der Waals surface area contributed by atoms with Crippen LogP contribution >= 0.6 is 0 Å². The standard InChI is InChI=1S/C27H27N5O3/c1-17-6-11-20(28-15-17)16-35-25-5-3-4-21(30-25)19-9-7-18(8-10-19)14-24-29-22-12-13-23(27(33)34)31-26(22)32(24)2/h3-6,9,11-13,15,18H,7-8,10,14,16H2,1-2H3,(H,33,34). The molecule has 0 aromatic carbocycles. The van der Waals surface area contributed by atoms with Crippen LogP contribution in [0.4, 0.5) is 0 Å². The highest BCUT2D eigenvalue weighted by atomic mass is 16.5. The fourth-order valence-electron chi connectivity index (χ4n) is 4.38. The molecule has 0 amide bonds. The first-order chi connectivity index (χ1) is 17.0. The third-order valence-corrected chi connectivity index (χ3v) is 6.41. The van der Waals surface area contributed by atoms with Crippen molar-refractivity contribution in [3.63, 3.8) is 0 Å². The number of rotatable bonds is 7. The Kier molecular flexibility index (Phi) is 6.27. The van der Waals surface area contributed by atoms with Crippen LogP contribution in [0.15, 0.2) is 54.7 Å². The normalized spacial score (nSPS) is 15.7. The van der Waals surface area contributed by atoms with E-state index in [4.69, 9.17) is 14.7 Å². The summed E-state index contributed by atoms with van der Waals surface area (Å²) in [6.07, 6.45) is 7.83. The molecular weight excluding hydrogens is 442 g/mol. The van der Waals surface area contributed by atoms with Crippen molar-refractivity contribution >= 4 is 22.7 Å². The molecule has 0 fully saturated rings. The average molecular weight is 470 g/mol. The van der Waals surface area contributed by atoms with E-state index >= 15 is 0 Å². The Morgan fingerprint density at radius 1 is 1.14 bits per heavy atom. The maximum atomic E-state index is 11.2. The summed E-state index contributed by atoms with van der Waals surface area (Å²) in [6, 6.07) is 13.1. The molecule has 0 spiro atoms. The molecule has 4 aromatic heterocycles. The first-order valence-electron chi connectivity index (χ1n) is 11.7. The molecular formula is C27H27N5O3. The van der Waals surface area contributed by atoms with Gasteiger partial charge in [0, 0.05) is 25.7 Å². The molecule has 0 bridgehead atoms. The van der Waals surface area contributed by atoms with E-state index in [1.165, 1.54) is 11.6 Å². The molecule has 4 heterocycles. The molecule has 0 radical (unpaired) electrons. The van der Waals surface area contributed by atoms with Crippen LogP contribution in [-0.4, -0.2) is 35.6 Å². The van der Waals surface area contributed by atoms with Gasteiger partial charge in [-0.25, -0.2) is 19.7 Å². The molecule has 35 heavy (non-hydrogen) atoms. The Morgan fingerprint density at radius 3 is 2.77 bits per heavy atom. The average Bonchev–Trinajstić information content (AvgIpc) is 3.18. The Labute approximate surface area is 203 Å². The molecule has 178 valence electrons. The van der Waals surface area contributed by atoms with Gasteiger partial charge in [0.25, 0.3) is 0 Å². The fraction of sp³-hybridized carbons (Fsp3) is 0.296. The van der Waals surface area contributed by atoms with Gasteiger partial charge in [-0.05, 0) is 67.5 Å². The number of aromatic carboxylic acids is 1. The van der Waals surface area contributed by atoms with Crippen LogP contribution in [0.3, 0.4) is 0 Å². The van der Waals surface area contributed by atoms with Crippen molar-refractivity contribution in [3.8, 4) is 5.88 Å². The Bertz CT molecular complexity index is 1410. The first kappa shape index (κ1) is 22.7. The van der Waals surface area contributed by atoms with Gasteiger partial charge in [0.2, 0.25) is 5.88 Å². The first-order valence-corrected chi connectivity index (χ1v) is 11.7. The third kappa shape index (κ3) is 5.06. The number of aromatic nitrogens is 5. The van der Waals surface area contributed by atoms with Gasteiger partial charge in [-0.2, -0.15) is 0 Å². The fourth-order valence-corrected chi connectivity index (χ4v) is 4.38. The zero-order valence-corrected chi connectivity index (χ0v) is 19.8. The predicted molar refractivity (Wildman–Crippen MR) is 132 cm³/mol. The van der Waals surface area contributed by atoms with Gasteiger partial charge in [-0.3, -0.25) is 4.98 Å². The lowest BCUT2D eigenvalue weighted by Gasteiger charge is -2.21. The van der Waals surface area contributed by atoms with E-state index in [9.17, 15) is 9.90 Å². The molecule has 1 aliphatic carbocycles. The second kappa shape index (κ2) is 9.66. The van der Waals surface area contributed by atoms with E-state index in [1.807, 2.05) is 55.1 Å². The molecule has 0 aliphatic heterocycles. The second-order valence-corrected chi connectivity index (χ2v) is 8.98. The third-order valence-electron chi connectivity index (χ3n) is 6.41. The highest BCUT2D eigenvalue weighted by molar-refractivity contribution is 5.88. The maximum absolute atomic E-state index is 11.2. The number of nitrogens with zero attached hydrogens (tertiary/aromatic N) is 5. The summed E-state index contributed by atoms with van der Waals surface area (Å²) >= 11 is 0. The Hall–Kier alpha value is -4.07. The molecule has 1 N–H and O–H groups in total. The number of fused-ring (bicyclic) bond motifs is 1. The van der Waals surface area contributed by atoms with Crippen molar-refractivity contribution in [1.82, 2.24) is 24.5 Å². The van der Waals surface area contributed by atoms with Crippen LogP contribution in [0.1, 0.15) is 52.5 Å². The summed E-state index contributed by atoms with van der Waals surface area (Å²) in [5.74, 6) is 0.950. The SMILES string of the molecule is Cc1ccc(COc2cccc(C3=CCC(Cc4nc5ccc(C(=O)O)nc5n4C)CC3)n2)nc1. The van der Waals surface area contributed by atoms with Gasteiger partial charge in [-0.15, -0.1) is 0 Å². The number of ether oxygens (including phenoxy) is 1. The predicted octanol–water partition coefficient (Wildman–Crippen LogP) is 4.77. The maximum Gasteiger partial charge on any atom is 0.354 e. The van der Waals surface area contributed by atoms with Crippen molar-refractivity contribution in [2.45, 2.75) is 39.2 Å². The van der Waals surface area contributed by atoms with Crippen LogP contribution in [-0.2, 0) is 20.1 Å². The minimum atomic E-state index is -1.03. The number of imidazole rings is 1. The monoisotopic (exact) mass is 469 g/mol. The largest absolute Gasteiger partial charge is 0.477 e. The number of hydrogen-bond acceptors (Lipinski definition) is 6. The van der Waals surface area contributed by atoms with Crippen molar-refractivity contribution in [3.05, 3.63) is 83.2 Å². The summed E-state index contributed by atoms with van der Waals surface area (Å²) in [5.41, 5.74) is 5.54. The highest BCUT2D eigenvalue weighted by Gasteiger charge is 2.20. The summed E-state index contributed by atoms with van der Waals surface area (Å²) in [7, 11) is 1.90. The minimum Gasteiger partial charge on any atom is -0.477 e. The van der Waals surface area contributed by atoms with Gasteiger partial charge < -0.3 is 14.4 Å². The van der Waals surface area contributed by atoms with E-state index < -0.39 is 5.97 Å². The molecule has 0 saturated carbocycles. The van der Waals surface area contributed by atoms with E-state index in [1.54, 1.807) is 6.07 Å². The van der Waals surface area contributed by atoms with Gasteiger partial charge in [0.15, 0.2) is 11.3 Å². The number of carboxylic acid groups (broad SMARTS) is 1. The molecule has 8 nitrogen and oxygen atoms in total. The number of allylic oxidation sites excluding steroid dienone is 2. The summed E-state index contributed by atoms with van der Waals surface area (Å²) in [5, 5.41) is 9.22. The molecule has 1 unspecified atom stereocenters. The smallest absolute Gasteiger partial charge is 0.354 e. The van der Waals surface area contributed by atoms with Crippen molar-refractivity contribution in [2.24, 2.45) is 13.0 Å². The van der Waals surface area contributed by atoms with Crippen molar-refractivity contribution in [2.75, 3.05) is 0 Å². The van der Waals surface area contributed by atoms with E-state index in [2.05, 4.69) is 16.0 Å². The van der Waals surface area contributed by atoms with Gasteiger partial charge >= 0.3 is 5.97 Å². The van der Waals surface area contributed by atoms with Gasteiger partial charge in [0.05, 0.1) is 11.4 Å². The lowest BCUT2D eigenvalue weighted by Crippen LogP contribution is -2.12. The molecule has 0 saturated heterocycles. The molecule has 1 atom stereocenters. The van der Waals surface area contributed by atoms with Gasteiger partial charge in [-0.1, -0.05) is 18.2 Å². The van der Waals surface area contributed by atoms with Gasteiger partial charge in [0.1, 0.15) is 17.9 Å².